The smallest absolute Gasteiger partial charge is 0.243 e. The Morgan fingerprint density at radius 3 is 2.56 bits per heavy atom. The average Bonchev–Trinajstić information content (AvgIpc) is 3.29. The van der Waals surface area contributed by atoms with Crippen LogP contribution in [0.4, 0.5) is 0 Å². The van der Waals surface area contributed by atoms with Gasteiger partial charge in [0.2, 0.25) is 5.91 Å². The van der Waals surface area contributed by atoms with E-state index in [4.69, 9.17) is 0 Å². The molecule has 3 nitrogen and oxygen atoms in total. The van der Waals surface area contributed by atoms with Crippen LogP contribution in [-0.4, -0.2) is 17.7 Å². The standard InChI is InChI=1S/C24H35NO2/c1-23-13-11-18-16(7-10-20-24(18,2)14-12-21(26)25-20)17(23)8-9-19(23)22(27)15-5-3-4-6-15/h12,14-20H,3-11,13H2,1-2H3,(H,25,26)/t16-,17-,18-,19+,20+,23-,24+/m0/s1. The molecule has 0 aromatic heterocycles. The first-order valence-electron chi connectivity index (χ1n) is 11.5. The zero-order valence-corrected chi connectivity index (χ0v) is 17.0. The molecule has 0 bridgehead atoms. The maximum absolute atomic E-state index is 13.3. The van der Waals surface area contributed by atoms with Gasteiger partial charge in [-0.3, -0.25) is 9.59 Å². The zero-order chi connectivity index (χ0) is 18.8. The molecule has 4 aliphatic carbocycles. The van der Waals surface area contributed by atoms with Crippen LogP contribution in [0.3, 0.4) is 0 Å². The molecule has 27 heavy (non-hydrogen) atoms. The number of carbonyl (C=O) groups is 2. The van der Waals surface area contributed by atoms with E-state index < -0.39 is 0 Å². The van der Waals surface area contributed by atoms with Gasteiger partial charge in [0.05, 0.1) is 0 Å². The summed E-state index contributed by atoms with van der Waals surface area (Å²) in [5.74, 6) is 3.49. The third-order valence-corrected chi connectivity index (χ3v) is 9.79. The maximum Gasteiger partial charge on any atom is 0.243 e. The second kappa shape index (κ2) is 6.19. The van der Waals surface area contributed by atoms with Gasteiger partial charge in [0.15, 0.2) is 0 Å². The van der Waals surface area contributed by atoms with E-state index in [1.54, 1.807) is 6.08 Å². The van der Waals surface area contributed by atoms with Gasteiger partial charge >= 0.3 is 0 Å². The number of hydrogen-bond acceptors (Lipinski definition) is 2. The Kier molecular flexibility index (Phi) is 4.11. The normalized spacial score (nSPS) is 49.3. The highest BCUT2D eigenvalue weighted by molar-refractivity contribution is 5.89. The fraction of sp³-hybridized carbons (Fsp3) is 0.833. The summed E-state index contributed by atoms with van der Waals surface area (Å²) in [5.41, 5.74) is 0.331. The number of carbonyl (C=O) groups excluding carboxylic acids is 2. The quantitative estimate of drug-likeness (QED) is 0.769. The molecule has 0 saturated heterocycles. The Balaban J connectivity index is 1.41. The van der Waals surface area contributed by atoms with E-state index in [0.717, 1.165) is 31.6 Å². The summed E-state index contributed by atoms with van der Waals surface area (Å²) < 4.78 is 0. The van der Waals surface area contributed by atoms with Gasteiger partial charge in [-0.2, -0.15) is 0 Å². The summed E-state index contributed by atoms with van der Waals surface area (Å²) in [4.78, 5) is 25.2. The maximum atomic E-state index is 13.3. The highest BCUT2D eigenvalue weighted by Gasteiger charge is 2.61. The van der Waals surface area contributed by atoms with Crippen LogP contribution in [0.5, 0.6) is 0 Å². The third-order valence-electron chi connectivity index (χ3n) is 9.79. The van der Waals surface area contributed by atoms with Crippen molar-refractivity contribution in [1.29, 1.82) is 0 Å². The molecule has 1 N–H and O–H groups in total. The number of hydrogen-bond donors (Lipinski definition) is 1. The summed E-state index contributed by atoms with van der Waals surface area (Å²) in [6.07, 6.45) is 15.9. The van der Waals surface area contributed by atoms with Gasteiger partial charge in [-0.15, -0.1) is 0 Å². The molecule has 0 unspecified atom stereocenters. The number of ketones is 1. The van der Waals surface area contributed by atoms with Gasteiger partial charge in [-0.25, -0.2) is 0 Å². The molecule has 1 aliphatic heterocycles. The molecule has 4 saturated carbocycles. The Bertz CT molecular complexity index is 678. The number of rotatable bonds is 2. The molecule has 3 heteroatoms. The van der Waals surface area contributed by atoms with Crippen LogP contribution >= 0.6 is 0 Å². The summed E-state index contributed by atoms with van der Waals surface area (Å²) in [6, 6.07) is 0.304. The van der Waals surface area contributed by atoms with Crippen molar-refractivity contribution in [2.45, 2.75) is 84.1 Å². The largest absolute Gasteiger partial charge is 0.349 e. The van der Waals surface area contributed by atoms with E-state index in [2.05, 4.69) is 25.2 Å². The van der Waals surface area contributed by atoms with Gasteiger partial charge in [-0.1, -0.05) is 32.8 Å². The van der Waals surface area contributed by atoms with E-state index in [1.807, 2.05) is 0 Å². The molecule has 7 atom stereocenters. The van der Waals surface area contributed by atoms with Crippen LogP contribution < -0.4 is 5.32 Å². The van der Waals surface area contributed by atoms with Crippen molar-refractivity contribution < 1.29 is 9.59 Å². The lowest BCUT2D eigenvalue weighted by Gasteiger charge is -2.58. The van der Waals surface area contributed by atoms with Gasteiger partial charge < -0.3 is 5.32 Å². The van der Waals surface area contributed by atoms with Crippen LogP contribution in [0.15, 0.2) is 12.2 Å². The molecule has 148 valence electrons. The van der Waals surface area contributed by atoms with Crippen LogP contribution in [0.25, 0.3) is 0 Å². The SMILES string of the molecule is C[C@]12C=CC(=O)N[C@@H]1CC[C@@H]1[C@@H]2CC[C@]2(C)[C@@H](C(=O)C3CCCC3)CC[C@@H]12. The summed E-state index contributed by atoms with van der Waals surface area (Å²) >= 11 is 0. The van der Waals surface area contributed by atoms with Crippen molar-refractivity contribution in [3.63, 3.8) is 0 Å². The van der Waals surface area contributed by atoms with E-state index in [9.17, 15) is 9.59 Å². The fourth-order valence-corrected chi connectivity index (χ4v) is 8.30. The first kappa shape index (κ1) is 17.9. The second-order valence-corrected chi connectivity index (χ2v) is 10.8. The van der Waals surface area contributed by atoms with Gasteiger partial charge in [-0.05, 0) is 80.6 Å². The lowest BCUT2D eigenvalue weighted by atomic mass is 9.47. The molecule has 5 aliphatic rings. The number of amides is 1. The number of Topliss-reactive ketones (excluding diaryl/α,β-unsaturated/α-hetero) is 1. The van der Waals surface area contributed by atoms with E-state index in [1.165, 1.54) is 38.5 Å². The van der Waals surface area contributed by atoms with Crippen molar-refractivity contribution in [1.82, 2.24) is 5.32 Å². The topological polar surface area (TPSA) is 46.2 Å². The minimum absolute atomic E-state index is 0.0830. The van der Waals surface area contributed by atoms with Crippen molar-refractivity contribution in [3.05, 3.63) is 12.2 Å². The molecule has 5 rings (SSSR count). The summed E-state index contributed by atoms with van der Waals surface area (Å²) in [7, 11) is 0. The Hall–Kier alpha value is -1.12. The van der Waals surface area contributed by atoms with Crippen molar-refractivity contribution in [2.24, 2.45) is 40.4 Å². The zero-order valence-electron chi connectivity index (χ0n) is 17.0. The highest BCUT2D eigenvalue weighted by atomic mass is 16.1. The molecule has 0 aromatic carbocycles. The van der Waals surface area contributed by atoms with Crippen LogP contribution in [0.2, 0.25) is 0 Å². The Labute approximate surface area is 163 Å². The Morgan fingerprint density at radius 2 is 1.78 bits per heavy atom. The van der Waals surface area contributed by atoms with Gasteiger partial charge in [0.25, 0.3) is 0 Å². The number of fused-ring (bicyclic) bond motifs is 5. The molecule has 4 fully saturated rings. The third kappa shape index (κ3) is 2.52. The lowest BCUT2D eigenvalue weighted by Crippen LogP contribution is -2.59. The average molecular weight is 370 g/mol. The molecular weight excluding hydrogens is 334 g/mol. The molecule has 1 heterocycles. The Morgan fingerprint density at radius 1 is 1.00 bits per heavy atom. The van der Waals surface area contributed by atoms with Crippen molar-refractivity contribution >= 4 is 11.7 Å². The first-order valence-corrected chi connectivity index (χ1v) is 11.5. The predicted molar refractivity (Wildman–Crippen MR) is 106 cm³/mol. The molecule has 1 amide bonds. The van der Waals surface area contributed by atoms with Gasteiger partial charge in [0.1, 0.15) is 5.78 Å². The molecule has 0 radical (unpaired) electrons. The number of nitrogens with one attached hydrogen (secondary N) is 1. The lowest BCUT2D eigenvalue weighted by molar-refractivity contribution is -0.135. The first-order chi connectivity index (χ1) is 12.9. The highest BCUT2D eigenvalue weighted by Crippen LogP contribution is 2.65. The van der Waals surface area contributed by atoms with Crippen LogP contribution in [0, 0.1) is 40.4 Å². The molecule has 0 aromatic rings. The molecular formula is C24H35NO2. The minimum atomic E-state index is 0.0830. The van der Waals surface area contributed by atoms with Crippen LogP contribution in [-0.2, 0) is 9.59 Å². The fourth-order valence-electron chi connectivity index (χ4n) is 8.30. The summed E-state index contributed by atoms with van der Waals surface area (Å²) in [6.45, 7) is 4.84. The monoisotopic (exact) mass is 369 g/mol. The van der Waals surface area contributed by atoms with E-state index >= 15 is 0 Å². The van der Waals surface area contributed by atoms with Gasteiger partial charge in [0, 0.05) is 23.3 Å². The minimum Gasteiger partial charge on any atom is -0.349 e. The van der Waals surface area contributed by atoms with Crippen molar-refractivity contribution in [3.8, 4) is 0 Å². The van der Waals surface area contributed by atoms with Crippen LogP contribution in [0.1, 0.15) is 78.1 Å². The van der Waals surface area contributed by atoms with E-state index in [0.29, 0.717) is 35.5 Å². The summed E-state index contributed by atoms with van der Waals surface area (Å²) in [5, 5.41) is 3.25. The molecule has 0 spiro atoms. The van der Waals surface area contributed by atoms with E-state index in [-0.39, 0.29) is 16.7 Å². The predicted octanol–water partition coefficient (Wildman–Crippen LogP) is 4.66. The van der Waals surface area contributed by atoms with Crippen molar-refractivity contribution in [2.75, 3.05) is 0 Å². The second-order valence-electron chi connectivity index (χ2n) is 10.8.